The van der Waals surface area contributed by atoms with Crippen molar-refractivity contribution in [2.45, 2.75) is 13.0 Å². The molecule has 1 aliphatic heterocycles. The van der Waals surface area contributed by atoms with Crippen molar-refractivity contribution in [3.8, 4) is 11.7 Å². The average Bonchev–Trinajstić information content (AvgIpc) is 3.51. The Morgan fingerprint density at radius 1 is 1.26 bits per heavy atom. The van der Waals surface area contributed by atoms with Crippen molar-refractivity contribution in [1.29, 1.82) is 0 Å². The molecule has 1 saturated heterocycles. The summed E-state index contributed by atoms with van der Waals surface area (Å²) in [5.74, 6) is -0.254. The van der Waals surface area contributed by atoms with Gasteiger partial charge in [-0.05, 0) is 24.1 Å². The number of aromatic carboxylic acids is 1. The second kappa shape index (κ2) is 10.1. The van der Waals surface area contributed by atoms with Crippen LogP contribution < -0.4 is 10.3 Å². The van der Waals surface area contributed by atoms with Gasteiger partial charge < -0.3 is 19.1 Å². The Hall–Kier alpha value is -4.03. The fourth-order valence-electron chi connectivity index (χ4n) is 3.99. The predicted octanol–water partition coefficient (Wildman–Crippen LogP) is 1.15. The molecule has 12 nitrogen and oxygen atoms in total. The van der Waals surface area contributed by atoms with Gasteiger partial charge in [-0.25, -0.2) is 14.5 Å². The molecule has 1 aromatic carbocycles. The number of carbonyl (C=O) groups is 1. The third kappa shape index (κ3) is 5.23. The number of rotatable bonds is 9. The minimum absolute atomic E-state index is 0.0125. The molecular weight excluding hydrogens is 454 g/mol. The van der Waals surface area contributed by atoms with Gasteiger partial charge in [-0.15, -0.1) is 0 Å². The van der Waals surface area contributed by atoms with Gasteiger partial charge in [0, 0.05) is 32.4 Å². The Morgan fingerprint density at radius 2 is 2.11 bits per heavy atom. The highest BCUT2D eigenvalue weighted by Gasteiger charge is 2.14. The average molecular weight is 479 g/mol. The molecule has 0 saturated carbocycles. The number of hydrogen-bond acceptors (Lipinski definition) is 8. The van der Waals surface area contributed by atoms with Crippen molar-refractivity contribution in [3.05, 3.63) is 64.5 Å². The molecule has 12 heteroatoms. The zero-order valence-corrected chi connectivity index (χ0v) is 19.0. The van der Waals surface area contributed by atoms with E-state index < -0.39 is 11.5 Å². The van der Waals surface area contributed by atoms with E-state index in [1.54, 1.807) is 10.9 Å². The summed E-state index contributed by atoms with van der Waals surface area (Å²) in [4.78, 5) is 37.5. The Balaban J connectivity index is 1.26. The van der Waals surface area contributed by atoms with Crippen LogP contribution in [-0.2, 0) is 11.3 Å². The summed E-state index contributed by atoms with van der Waals surface area (Å²) in [6, 6.07) is 7.75. The number of benzene rings is 1. The molecule has 0 amide bonds. The van der Waals surface area contributed by atoms with Gasteiger partial charge in [0.1, 0.15) is 5.75 Å². The summed E-state index contributed by atoms with van der Waals surface area (Å²) in [7, 11) is 0. The zero-order valence-electron chi connectivity index (χ0n) is 19.0. The van der Waals surface area contributed by atoms with Crippen LogP contribution >= 0.6 is 0 Å². The maximum absolute atomic E-state index is 12.8. The van der Waals surface area contributed by atoms with Crippen molar-refractivity contribution in [1.82, 2.24) is 34.2 Å². The van der Waals surface area contributed by atoms with Crippen molar-refractivity contribution < 1.29 is 19.4 Å². The Morgan fingerprint density at radius 3 is 2.91 bits per heavy atom. The molecule has 0 radical (unpaired) electrons. The van der Waals surface area contributed by atoms with Crippen LogP contribution in [0.5, 0.6) is 5.75 Å². The third-order valence-corrected chi connectivity index (χ3v) is 5.76. The van der Waals surface area contributed by atoms with E-state index in [2.05, 4.69) is 25.0 Å². The van der Waals surface area contributed by atoms with Gasteiger partial charge in [0.25, 0.3) is 5.56 Å². The molecule has 35 heavy (non-hydrogen) atoms. The minimum Gasteiger partial charge on any atom is -0.494 e. The Labute approximate surface area is 199 Å². The molecule has 2 N–H and O–H groups in total. The number of hydrogen-bond donors (Lipinski definition) is 2. The molecule has 0 bridgehead atoms. The van der Waals surface area contributed by atoms with Gasteiger partial charge >= 0.3 is 5.97 Å². The van der Waals surface area contributed by atoms with E-state index >= 15 is 0 Å². The molecule has 3 aromatic heterocycles. The maximum Gasteiger partial charge on any atom is 0.338 e. The van der Waals surface area contributed by atoms with Crippen molar-refractivity contribution in [3.63, 3.8) is 0 Å². The van der Waals surface area contributed by atoms with Crippen LogP contribution in [-0.4, -0.2) is 84.7 Å². The number of ether oxygens (including phenoxy) is 2. The predicted molar refractivity (Wildman–Crippen MR) is 125 cm³/mol. The van der Waals surface area contributed by atoms with E-state index in [0.717, 1.165) is 50.6 Å². The number of carboxylic acid groups (broad SMARTS) is 1. The summed E-state index contributed by atoms with van der Waals surface area (Å²) in [6.45, 7) is 5.54. The second-order valence-corrected chi connectivity index (χ2v) is 8.22. The molecular formula is C23H25N7O5. The molecule has 0 atom stereocenters. The fraction of sp³-hybridized carbons (Fsp3) is 0.348. The van der Waals surface area contributed by atoms with Crippen LogP contribution in [0.1, 0.15) is 22.3 Å². The number of aromatic amines is 1. The first-order valence-electron chi connectivity index (χ1n) is 11.3. The van der Waals surface area contributed by atoms with Crippen LogP contribution in [0.4, 0.5) is 0 Å². The van der Waals surface area contributed by atoms with E-state index in [0.29, 0.717) is 18.7 Å². The number of nitrogens with zero attached hydrogens (tertiary/aromatic N) is 6. The smallest absolute Gasteiger partial charge is 0.338 e. The molecule has 5 rings (SSSR count). The van der Waals surface area contributed by atoms with Crippen LogP contribution in [0.25, 0.3) is 17.1 Å². The zero-order chi connectivity index (χ0) is 24.2. The van der Waals surface area contributed by atoms with Gasteiger partial charge in [-0.3, -0.25) is 14.7 Å². The largest absolute Gasteiger partial charge is 0.494 e. The standard InChI is InChI=1S/C23H25N7O5/c31-21-19-20(26-23(27-21)30-14-17(12-25-30)22(32)33)24-15-29(19)13-16-3-1-4-18(11-16)35-8-2-5-28-6-9-34-10-7-28/h1,3-4,11-12,14-15H,2,5-10,13H2,(H,32,33)(H,26,27,31). The number of fused-ring (bicyclic) bond motifs is 1. The first kappa shape index (κ1) is 22.7. The number of nitrogens with one attached hydrogen (secondary N) is 1. The monoisotopic (exact) mass is 479 g/mol. The molecule has 1 fully saturated rings. The molecule has 1 aliphatic rings. The number of aromatic nitrogens is 6. The van der Waals surface area contributed by atoms with Gasteiger partial charge in [0.15, 0.2) is 11.2 Å². The van der Waals surface area contributed by atoms with E-state index in [1.165, 1.54) is 17.1 Å². The molecule has 4 aromatic rings. The minimum atomic E-state index is -1.12. The summed E-state index contributed by atoms with van der Waals surface area (Å²) >= 11 is 0. The lowest BCUT2D eigenvalue weighted by molar-refractivity contribution is 0.0358. The normalized spacial score (nSPS) is 14.4. The lowest BCUT2D eigenvalue weighted by atomic mass is 10.2. The summed E-state index contributed by atoms with van der Waals surface area (Å²) in [5, 5.41) is 13.0. The van der Waals surface area contributed by atoms with Crippen LogP contribution in [0.2, 0.25) is 0 Å². The second-order valence-electron chi connectivity index (χ2n) is 8.22. The number of imidazole rings is 1. The number of morpholine rings is 1. The molecule has 0 unspecified atom stereocenters. The van der Waals surface area contributed by atoms with Crippen LogP contribution in [0.15, 0.2) is 47.8 Å². The van der Waals surface area contributed by atoms with Gasteiger partial charge in [0.05, 0.1) is 37.9 Å². The summed E-state index contributed by atoms with van der Waals surface area (Å²) in [6.07, 6.45) is 4.95. The molecule has 4 heterocycles. The van der Waals surface area contributed by atoms with Crippen LogP contribution in [0.3, 0.4) is 0 Å². The lowest BCUT2D eigenvalue weighted by Crippen LogP contribution is -2.37. The topological polar surface area (TPSA) is 140 Å². The highest BCUT2D eigenvalue weighted by atomic mass is 16.5. The first-order valence-corrected chi connectivity index (χ1v) is 11.3. The van der Waals surface area contributed by atoms with Crippen molar-refractivity contribution in [2.24, 2.45) is 0 Å². The highest BCUT2D eigenvalue weighted by molar-refractivity contribution is 5.86. The highest BCUT2D eigenvalue weighted by Crippen LogP contribution is 2.17. The van der Waals surface area contributed by atoms with Crippen molar-refractivity contribution in [2.75, 3.05) is 39.5 Å². The summed E-state index contributed by atoms with van der Waals surface area (Å²) < 4.78 is 14.2. The lowest BCUT2D eigenvalue weighted by Gasteiger charge is -2.26. The van der Waals surface area contributed by atoms with E-state index in [-0.39, 0.29) is 17.2 Å². The van der Waals surface area contributed by atoms with Crippen molar-refractivity contribution >= 4 is 17.1 Å². The molecule has 0 aliphatic carbocycles. The third-order valence-electron chi connectivity index (χ3n) is 5.76. The quantitative estimate of drug-likeness (QED) is 0.338. The summed E-state index contributed by atoms with van der Waals surface area (Å²) in [5.41, 5.74) is 1.10. The number of H-pyrrole nitrogens is 1. The molecule has 0 spiro atoms. The first-order chi connectivity index (χ1) is 17.1. The van der Waals surface area contributed by atoms with Gasteiger partial charge in [-0.2, -0.15) is 10.1 Å². The fourth-order valence-corrected chi connectivity index (χ4v) is 3.99. The number of carboxylic acids is 1. The van der Waals surface area contributed by atoms with Gasteiger partial charge in [-0.1, -0.05) is 12.1 Å². The van der Waals surface area contributed by atoms with Gasteiger partial charge in [0.2, 0.25) is 5.95 Å². The Bertz CT molecular complexity index is 1390. The van der Waals surface area contributed by atoms with E-state index in [1.807, 2.05) is 24.3 Å². The molecule has 182 valence electrons. The maximum atomic E-state index is 12.8. The van der Waals surface area contributed by atoms with E-state index in [4.69, 9.17) is 14.6 Å². The van der Waals surface area contributed by atoms with Crippen LogP contribution in [0, 0.1) is 0 Å². The SMILES string of the molecule is O=C(O)c1cnn(-c2nc3ncn(Cc4cccc(OCCCN5CCOCC5)c4)c3c(=O)[nH]2)c1. The van der Waals surface area contributed by atoms with E-state index in [9.17, 15) is 9.59 Å². The Kier molecular flexibility index (Phi) is 6.55.